The quantitative estimate of drug-likeness (QED) is 0.398. The largest absolute Gasteiger partial charge is 0.461 e. The lowest BCUT2D eigenvalue weighted by atomic mass is 9.91. The lowest BCUT2D eigenvalue weighted by molar-refractivity contribution is -0.136. The van der Waals surface area contributed by atoms with Crippen molar-refractivity contribution in [3.8, 4) is 0 Å². The van der Waals surface area contributed by atoms with Gasteiger partial charge in [0.1, 0.15) is 6.17 Å². The van der Waals surface area contributed by atoms with Gasteiger partial charge in [0.2, 0.25) is 0 Å². The van der Waals surface area contributed by atoms with E-state index in [2.05, 4.69) is 5.43 Å². The van der Waals surface area contributed by atoms with Crippen molar-refractivity contribution in [1.29, 1.82) is 0 Å². The maximum atomic E-state index is 13.2. The third-order valence-corrected chi connectivity index (χ3v) is 7.24. The third kappa shape index (κ3) is 4.73. The molecular formula is C27H28Cl2N6O4. The number of esters is 2. The number of carbonyl (C=O) groups is 2. The van der Waals surface area contributed by atoms with Gasteiger partial charge in [0, 0.05) is 10.0 Å². The molecule has 0 bridgehead atoms. The number of nitrogens with zero attached hydrogens (tertiary/aromatic N) is 5. The van der Waals surface area contributed by atoms with Crippen LogP contribution in [0.1, 0.15) is 27.7 Å². The van der Waals surface area contributed by atoms with Crippen molar-refractivity contribution < 1.29 is 19.1 Å². The zero-order chi connectivity index (χ0) is 27.9. The molecule has 39 heavy (non-hydrogen) atoms. The van der Waals surface area contributed by atoms with E-state index in [4.69, 9.17) is 42.9 Å². The lowest BCUT2D eigenvalue weighted by Gasteiger charge is -2.40. The fourth-order valence-electron chi connectivity index (χ4n) is 5.06. The van der Waals surface area contributed by atoms with Crippen molar-refractivity contribution in [1.82, 2.24) is 10.4 Å². The fraction of sp³-hybridized carbons (Fsp3) is 0.333. The first-order chi connectivity index (χ1) is 18.7. The molecule has 12 heteroatoms. The van der Waals surface area contributed by atoms with Crippen molar-refractivity contribution in [3.63, 3.8) is 0 Å². The van der Waals surface area contributed by atoms with Gasteiger partial charge in [-0.3, -0.25) is 5.01 Å². The first-order valence-electron chi connectivity index (χ1n) is 12.6. The van der Waals surface area contributed by atoms with Crippen LogP contribution in [-0.2, 0) is 19.1 Å². The minimum Gasteiger partial charge on any atom is -0.461 e. The normalized spacial score (nSPS) is 23.8. The van der Waals surface area contributed by atoms with E-state index in [0.717, 1.165) is 5.57 Å². The predicted molar refractivity (Wildman–Crippen MR) is 150 cm³/mol. The van der Waals surface area contributed by atoms with Crippen LogP contribution < -0.4 is 15.4 Å². The Morgan fingerprint density at radius 1 is 0.923 bits per heavy atom. The summed E-state index contributed by atoms with van der Waals surface area (Å²) < 4.78 is 10.7. The molecule has 3 heterocycles. The highest BCUT2D eigenvalue weighted by molar-refractivity contribution is 6.39. The zero-order valence-corrected chi connectivity index (χ0v) is 23.4. The summed E-state index contributed by atoms with van der Waals surface area (Å²) >= 11 is 12.3. The molecule has 2 aromatic carbocycles. The van der Waals surface area contributed by atoms with Crippen LogP contribution in [0.15, 0.2) is 70.4 Å². The highest BCUT2D eigenvalue weighted by Gasteiger charge is 2.54. The molecule has 3 unspecified atom stereocenters. The summed E-state index contributed by atoms with van der Waals surface area (Å²) in [5.74, 6) is -1.56. The number of fused-ring (bicyclic) bond motifs is 2. The van der Waals surface area contributed by atoms with E-state index >= 15 is 0 Å². The molecule has 0 saturated heterocycles. The molecular weight excluding hydrogens is 543 g/mol. The molecule has 1 N–H and O–H groups in total. The molecule has 0 radical (unpaired) electrons. The van der Waals surface area contributed by atoms with Crippen molar-refractivity contribution in [2.45, 2.75) is 39.5 Å². The summed E-state index contributed by atoms with van der Waals surface area (Å²) in [6, 6.07) is 14.3. The molecule has 2 aromatic rings. The average molecular weight is 571 g/mol. The third-order valence-electron chi connectivity index (χ3n) is 6.74. The summed E-state index contributed by atoms with van der Waals surface area (Å²) in [5.41, 5.74) is 4.93. The molecule has 0 spiro atoms. The number of hydrogen-bond acceptors (Lipinski definition) is 10. The van der Waals surface area contributed by atoms with Crippen LogP contribution in [0.3, 0.4) is 0 Å². The second kappa shape index (κ2) is 10.5. The van der Waals surface area contributed by atoms with E-state index in [1.807, 2.05) is 44.2 Å². The molecule has 0 aromatic heterocycles. The number of halogens is 2. The topological polar surface area (TPSA) is 99.1 Å². The monoisotopic (exact) mass is 570 g/mol. The molecule has 0 saturated carbocycles. The molecule has 3 aliphatic rings. The summed E-state index contributed by atoms with van der Waals surface area (Å²) in [5, 5.41) is 15.6. The van der Waals surface area contributed by atoms with Gasteiger partial charge in [0.05, 0.1) is 30.5 Å². The minimum absolute atomic E-state index is 0.0552. The smallest absolute Gasteiger partial charge is 0.377 e. The van der Waals surface area contributed by atoms with Gasteiger partial charge in [-0.25, -0.2) is 25.0 Å². The summed E-state index contributed by atoms with van der Waals surface area (Å²) in [7, 11) is 0. The highest BCUT2D eigenvalue weighted by Crippen LogP contribution is 2.41. The number of ether oxygens (including phenoxy) is 2. The van der Waals surface area contributed by atoms with Gasteiger partial charge in [-0.1, -0.05) is 28.8 Å². The van der Waals surface area contributed by atoms with E-state index in [-0.39, 0.29) is 24.8 Å². The zero-order valence-electron chi connectivity index (χ0n) is 21.9. The second-order valence-electron chi connectivity index (χ2n) is 9.33. The van der Waals surface area contributed by atoms with Crippen molar-refractivity contribution in [2.24, 2.45) is 16.1 Å². The Labute approximate surface area is 236 Å². The standard InChI is InChI=1S/C27H28Cl2N6O4/c1-5-38-25(36)22-21-16(3)15-27(4)34(20-13-9-18(29)10-14-20)32-24(26(37)39-6-2)35(27)31-23(21)33(30-22)19-11-7-17(28)8-12-19/h7-15,21,23,31H,5-6H2,1-4H3. The van der Waals surface area contributed by atoms with Gasteiger partial charge >= 0.3 is 11.9 Å². The van der Waals surface area contributed by atoms with Crippen LogP contribution in [-0.4, -0.2) is 53.5 Å². The Bertz CT molecular complexity index is 1380. The summed E-state index contributed by atoms with van der Waals surface area (Å²) in [6.45, 7) is 7.72. The Morgan fingerprint density at radius 3 is 2.08 bits per heavy atom. The van der Waals surface area contributed by atoms with Crippen LogP contribution >= 0.6 is 23.2 Å². The van der Waals surface area contributed by atoms with Crippen LogP contribution in [0.25, 0.3) is 0 Å². The molecule has 3 aliphatic heterocycles. The van der Waals surface area contributed by atoms with Crippen LogP contribution in [0.5, 0.6) is 0 Å². The molecule has 0 amide bonds. The van der Waals surface area contributed by atoms with Gasteiger partial charge < -0.3 is 9.47 Å². The van der Waals surface area contributed by atoms with Crippen molar-refractivity contribution in [2.75, 3.05) is 23.2 Å². The molecule has 5 rings (SSSR count). The second-order valence-corrected chi connectivity index (χ2v) is 10.2. The molecule has 3 atom stereocenters. The van der Waals surface area contributed by atoms with Crippen molar-refractivity contribution >= 4 is 58.1 Å². The van der Waals surface area contributed by atoms with Gasteiger partial charge in [-0.2, -0.15) is 5.10 Å². The Morgan fingerprint density at radius 2 is 1.49 bits per heavy atom. The SMILES string of the molecule is CCOC(=O)C1=NN(c2ccc(Cl)cc2)C2NN3C(C(=O)OCC)=NN(c4ccc(Cl)cc4)C3(C)C=C(C)C12. The number of hydrazine groups is 1. The van der Waals surface area contributed by atoms with E-state index in [0.29, 0.717) is 21.4 Å². The number of anilines is 2. The van der Waals surface area contributed by atoms with E-state index in [1.54, 1.807) is 53.1 Å². The Kier molecular flexibility index (Phi) is 7.28. The van der Waals surface area contributed by atoms with E-state index in [9.17, 15) is 9.59 Å². The minimum atomic E-state index is -1.00. The van der Waals surface area contributed by atoms with Crippen molar-refractivity contribution in [3.05, 3.63) is 70.2 Å². The van der Waals surface area contributed by atoms with Crippen LogP contribution in [0, 0.1) is 5.92 Å². The number of benzene rings is 2. The maximum Gasteiger partial charge on any atom is 0.377 e. The number of nitrogens with one attached hydrogen (secondary N) is 1. The van der Waals surface area contributed by atoms with E-state index in [1.165, 1.54) is 0 Å². The fourth-order valence-corrected chi connectivity index (χ4v) is 5.31. The first kappa shape index (κ1) is 27.0. The number of hydrogen-bond donors (Lipinski definition) is 1. The number of rotatable bonds is 6. The number of carbonyl (C=O) groups excluding carboxylic acids is 2. The Balaban J connectivity index is 1.65. The first-order valence-corrected chi connectivity index (χ1v) is 13.3. The van der Waals surface area contributed by atoms with Gasteiger partial charge in [-0.15, -0.1) is 5.10 Å². The average Bonchev–Trinajstić information content (AvgIpc) is 3.38. The highest BCUT2D eigenvalue weighted by atomic mass is 35.5. The number of hydrazone groups is 2. The van der Waals surface area contributed by atoms with Crippen LogP contribution in [0.2, 0.25) is 10.0 Å². The number of amidine groups is 1. The molecule has 0 aliphatic carbocycles. The molecule has 204 valence electrons. The Hall–Kier alpha value is -3.60. The van der Waals surface area contributed by atoms with Gasteiger partial charge in [0.15, 0.2) is 11.4 Å². The molecule has 10 nitrogen and oxygen atoms in total. The summed E-state index contributed by atoms with van der Waals surface area (Å²) in [6.07, 6.45) is 1.36. The van der Waals surface area contributed by atoms with E-state index < -0.39 is 29.7 Å². The lowest BCUT2D eigenvalue weighted by Crippen LogP contribution is -2.63. The molecule has 0 fully saturated rings. The predicted octanol–water partition coefficient (Wildman–Crippen LogP) is 4.55. The van der Waals surface area contributed by atoms with Gasteiger partial charge in [-0.05, 0) is 82.3 Å². The summed E-state index contributed by atoms with van der Waals surface area (Å²) in [4.78, 5) is 26.3. The maximum absolute atomic E-state index is 13.2. The van der Waals surface area contributed by atoms with Crippen LogP contribution in [0.4, 0.5) is 11.4 Å². The van der Waals surface area contributed by atoms with Gasteiger partial charge in [0.25, 0.3) is 5.84 Å².